The lowest BCUT2D eigenvalue weighted by atomic mass is 9.82. The van der Waals surface area contributed by atoms with Crippen LogP contribution in [0, 0.1) is 5.92 Å². The molecule has 0 aliphatic heterocycles. The lowest BCUT2D eigenvalue weighted by Crippen LogP contribution is -2.52. The van der Waals surface area contributed by atoms with E-state index in [2.05, 4.69) is 0 Å². The smallest absolute Gasteiger partial charge is 0.407 e. The minimum Gasteiger partial charge on any atom is -0.465 e. The maximum atomic E-state index is 11.3. The Balaban J connectivity index is 2.62. The first-order valence-corrected chi connectivity index (χ1v) is 6.32. The number of hydrogen-bond acceptors (Lipinski definition) is 2. The fourth-order valence-electron chi connectivity index (χ4n) is 2.77. The molecule has 4 heteroatoms. The van der Waals surface area contributed by atoms with Crippen molar-refractivity contribution in [3.05, 3.63) is 0 Å². The fourth-order valence-corrected chi connectivity index (χ4v) is 2.77. The van der Waals surface area contributed by atoms with Crippen LogP contribution < -0.4 is 0 Å². The highest BCUT2D eigenvalue weighted by Gasteiger charge is 2.35. The molecule has 1 N–H and O–H groups in total. The van der Waals surface area contributed by atoms with Gasteiger partial charge in [-0.05, 0) is 52.4 Å². The van der Waals surface area contributed by atoms with E-state index in [0.717, 1.165) is 32.0 Å². The van der Waals surface area contributed by atoms with Crippen LogP contribution in [-0.4, -0.2) is 34.0 Å². The summed E-state index contributed by atoms with van der Waals surface area (Å²) in [5.41, 5.74) is -0.353. The molecule has 0 atom stereocenters. The number of carboxylic acid groups (broad SMARTS) is 1. The van der Waals surface area contributed by atoms with E-state index in [1.807, 2.05) is 20.8 Å². The summed E-state index contributed by atoms with van der Waals surface area (Å²) in [6.07, 6.45) is 4.44. The molecule has 0 aromatic rings. The topological polar surface area (TPSA) is 57.6 Å². The zero-order valence-corrected chi connectivity index (χ0v) is 11.0. The van der Waals surface area contributed by atoms with Gasteiger partial charge in [-0.3, -0.25) is 0 Å². The van der Waals surface area contributed by atoms with Crippen LogP contribution in [-0.2, 0) is 4.79 Å². The summed E-state index contributed by atoms with van der Waals surface area (Å²) in [6.45, 7) is 5.79. The van der Waals surface area contributed by atoms with Crippen molar-refractivity contribution < 1.29 is 14.7 Å². The molecule has 0 aromatic carbocycles. The minimum atomic E-state index is -0.837. The molecule has 0 radical (unpaired) electrons. The first-order chi connectivity index (χ1) is 7.86. The number of carbonyl (C=O) groups excluding carboxylic acids is 1. The summed E-state index contributed by atoms with van der Waals surface area (Å²) in [5, 5.41) is 9.30. The molecule has 17 heavy (non-hydrogen) atoms. The highest BCUT2D eigenvalue weighted by Crippen LogP contribution is 2.32. The Morgan fingerprint density at radius 1 is 1.29 bits per heavy atom. The van der Waals surface area contributed by atoms with Crippen LogP contribution in [0.5, 0.6) is 0 Å². The van der Waals surface area contributed by atoms with Gasteiger partial charge in [0.1, 0.15) is 6.29 Å². The Kier molecular flexibility index (Phi) is 4.54. The molecule has 98 valence electrons. The fraction of sp³-hybridized carbons (Fsp3) is 0.846. The molecule has 0 heterocycles. The highest BCUT2D eigenvalue weighted by molar-refractivity contribution is 5.66. The van der Waals surface area contributed by atoms with Gasteiger partial charge in [-0.25, -0.2) is 4.79 Å². The van der Waals surface area contributed by atoms with Crippen molar-refractivity contribution in [2.45, 2.75) is 64.5 Å². The normalized spacial score (nSPS) is 25.4. The SMILES string of the molecule is CC(C)(C)N(C(=O)O)C1CCC(CC=O)CC1. The van der Waals surface area contributed by atoms with Crippen molar-refractivity contribution in [2.24, 2.45) is 5.92 Å². The van der Waals surface area contributed by atoms with Gasteiger partial charge in [-0.2, -0.15) is 0 Å². The Bertz CT molecular complexity index is 275. The van der Waals surface area contributed by atoms with Crippen LogP contribution in [0.2, 0.25) is 0 Å². The number of rotatable bonds is 3. The summed E-state index contributed by atoms with van der Waals surface area (Å²) in [4.78, 5) is 23.3. The van der Waals surface area contributed by atoms with Crippen molar-refractivity contribution in [1.82, 2.24) is 4.90 Å². The lowest BCUT2D eigenvalue weighted by Gasteiger charge is -2.42. The summed E-state index contributed by atoms with van der Waals surface area (Å²) in [5.74, 6) is 0.458. The predicted molar refractivity (Wildman–Crippen MR) is 66.0 cm³/mol. The van der Waals surface area contributed by atoms with Crippen molar-refractivity contribution >= 4 is 12.4 Å². The lowest BCUT2D eigenvalue weighted by molar-refractivity contribution is -0.109. The zero-order chi connectivity index (χ0) is 13.1. The van der Waals surface area contributed by atoms with Crippen LogP contribution in [0.15, 0.2) is 0 Å². The Hall–Kier alpha value is -1.06. The molecule has 0 saturated heterocycles. The molecule has 0 unspecified atom stereocenters. The van der Waals surface area contributed by atoms with Gasteiger partial charge in [0.15, 0.2) is 0 Å². The van der Waals surface area contributed by atoms with Gasteiger partial charge in [0.25, 0.3) is 0 Å². The van der Waals surface area contributed by atoms with E-state index in [1.165, 1.54) is 0 Å². The molecule has 1 amide bonds. The number of nitrogens with zero attached hydrogens (tertiary/aromatic N) is 1. The van der Waals surface area contributed by atoms with Crippen molar-refractivity contribution in [2.75, 3.05) is 0 Å². The largest absolute Gasteiger partial charge is 0.465 e. The van der Waals surface area contributed by atoms with E-state index in [4.69, 9.17) is 0 Å². The second-order valence-corrected chi connectivity index (χ2v) is 5.90. The van der Waals surface area contributed by atoms with Gasteiger partial charge in [-0.1, -0.05) is 0 Å². The van der Waals surface area contributed by atoms with Crippen molar-refractivity contribution in [3.8, 4) is 0 Å². The standard InChI is InChI=1S/C13H23NO3/c1-13(2,3)14(12(16)17)11-6-4-10(5-7-11)8-9-15/h9-11H,4-8H2,1-3H3,(H,16,17). The van der Waals surface area contributed by atoms with E-state index in [9.17, 15) is 14.7 Å². The molecular weight excluding hydrogens is 218 g/mol. The van der Waals surface area contributed by atoms with Crippen LogP contribution in [0.4, 0.5) is 4.79 Å². The Labute approximate surface area is 103 Å². The monoisotopic (exact) mass is 241 g/mol. The van der Waals surface area contributed by atoms with Crippen LogP contribution >= 0.6 is 0 Å². The van der Waals surface area contributed by atoms with Crippen LogP contribution in [0.3, 0.4) is 0 Å². The highest BCUT2D eigenvalue weighted by atomic mass is 16.4. The van der Waals surface area contributed by atoms with E-state index in [-0.39, 0.29) is 11.6 Å². The zero-order valence-electron chi connectivity index (χ0n) is 11.0. The minimum absolute atomic E-state index is 0.107. The third-order valence-electron chi connectivity index (χ3n) is 3.54. The van der Waals surface area contributed by atoms with E-state index in [1.54, 1.807) is 4.90 Å². The maximum absolute atomic E-state index is 11.3. The van der Waals surface area contributed by atoms with Gasteiger partial charge in [0, 0.05) is 18.0 Å². The molecule has 4 nitrogen and oxygen atoms in total. The third kappa shape index (κ3) is 3.72. The number of amides is 1. The summed E-state index contributed by atoms with van der Waals surface area (Å²) < 4.78 is 0. The van der Waals surface area contributed by atoms with E-state index >= 15 is 0 Å². The molecule has 0 bridgehead atoms. The van der Waals surface area contributed by atoms with Gasteiger partial charge < -0.3 is 14.8 Å². The van der Waals surface area contributed by atoms with Gasteiger partial charge in [0.2, 0.25) is 0 Å². The first kappa shape index (κ1) is 14.0. The predicted octanol–water partition coefficient (Wildman–Crippen LogP) is 2.91. The maximum Gasteiger partial charge on any atom is 0.407 e. The van der Waals surface area contributed by atoms with Crippen molar-refractivity contribution in [1.29, 1.82) is 0 Å². The van der Waals surface area contributed by atoms with Crippen LogP contribution in [0.1, 0.15) is 52.9 Å². The molecule has 1 aliphatic carbocycles. The average Bonchev–Trinajstić information content (AvgIpc) is 2.18. The third-order valence-corrected chi connectivity index (χ3v) is 3.54. The molecule has 0 aromatic heterocycles. The number of aldehydes is 1. The average molecular weight is 241 g/mol. The second kappa shape index (κ2) is 5.52. The summed E-state index contributed by atoms with van der Waals surface area (Å²) in [6, 6.07) is 0.107. The molecular formula is C13H23NO3. The van der Waals surface area contributed by atoms with Gasteiger partial charge in [0.05, 0.1) is 0 Å². The summed E-state index contributed by atoms with van der Waals surface area (Å²) in [7, 11) is 0. The molecule has 1 rings (SSSR count). The van der Waals surface area contributed by atoms with Gasteiger partial charge >= 0.3 is 6.09 Å². The first-order valence-electron chi connectivity index (χ1n) is 6.32. The Morgan fingerprint density at radius 3 is 2.18 bits per heavy atom. The number of hydrogen-bond donors (Lipinski definition) is 1. The Morgan fingerprint density at radius 2 is 1.82 bits per heavy atom. The van der Waals surface area contributed by atoms with E-state index in [0.29, 0.717) is 12.3 Å². The van der Waals surface area contributed by atoms with Crippen LogP contribution in [0.25, 0.3) is 0 Å². The van der Waals surface area contributed by atoms with Gasteiger partial charge in [-0.15, -0.1) is 0 Å². The number of carbonyl (C=O) groups is 2. The molecule has 1 fully saturated rings. The molecule has 0 spiro atoms. The molecule has 1 saturated carbocycles. The van der Waals surface area contributed by atoms with E-state index < -0.39 is 6.09 Å². The van der Waals surface area contributed by atoms with Crippen molar-refractivity contribution in [3.63, 3.8) is 0 Å². The second-order valence-electron chi connectivity index (χ2n) is 5.90. The molecule has 1 aliphatic rings. The quantitative estimate of drug-likeness (QED) is 0.773. The summed E-state index contributed by atoms with van der Waals surface area (Å²) >= 11 is 0.